The lowest BCUT2D eigenvalue weighted by Gasteiger charge is -2.29. The molecule has 8 nitrogen and oxygen atoms in total. The molecule has 26 heavy (non-hydrogen) atoms. The molecule has 0 radical (unpaired) electrons. The van der Waals surface area contributed by atoms with E-state index in [9.17, 15) is 14.4 Å². The first-order valence-corrected chi connectivity index (χ1v) is 8.77. The van der Waals surface area contributed by atoms with Crippen molar-refractivity contribution in [1.82, 2.24) is 15.5 Å². The van der Waals surface area contributed by atoms with Crippen molar-refractivity contribution in [3.63, 3.8) is 0 Å². The average Bonchev–Trinajstić information content (AvgIpc) is 2.96. The molecule has 2 aliphatic heterocycles. The molecule has 0 aromatic heterocycles. The van der Waals surface area contributed by atoms with E-state index >= 15 is 0 Å². The van der Waals surface area contributed by atoms with E-state index in [1.54, 1.807) is 4.90 Å². The molecule has 3 rings (SSSR count). The number of amides is 3. The summed E-state index contributed by atoms with van der Waals surface area (Å²) in [6.07, 6.45) is 0.585. The lowest BCUT2D eigenvalue weighted by Crippen LogP contribution is -2.52. The molecule has 3 atom stereocenters. The van der Waals surface area contributed by atoms with Gasteiger partial charge in [-0.05, 0) is 24.5 Å². The number of carbonyl (C=O) groups is 3. The normalized spacial score (nSPS) is 22.2. The minimum Gasteiger partial charge on any atom is -0.395 e. The summed E-state index contributed by atoms with van der Waals surface area (Å²) in [7, 11) is 0. The van der Waals surface area contributed by atoms with Crippen molar-refractivity contribution in [3.05, 3.63) is 34.9 Å². The number of nitrogens with one attached hydrogen (secondary N) is 2. The number of imide groups is 1. The van der Waals surface area contributed by atoms with Gasteiger partial charge in [0, 0.05) is 37.2 Å². The van der Waals surface area contributed by atoms with Gasteiger partial charge in [-0.2, -0.15) is 0 Å². The van der Waals surface area contributed by atoms with Crippen molar-refractivity contribution < 1.29 is 19.5 Å². The Hall–Kier alpha value is -2.29. The molecule has 2 aliphatic rings. The van der Waals surface area contributed by atoms with Crippen LogP contribution in [0.3, 0.4) is 0 Å². The summed E-state index contributed by atoms with van der Waals surface area (Å²) < 4.78 is 0. The lowest BCUT2D eigenvalue weighted by molar-refractivity contribution is -0.136. The molecule has 1 unspecified atom stereocenters. The second kappa shape index (κ2) is 7.53. The smallest absolute Gasteiger partial charge is 0.255 e. The predicted molar refractivity (Wildman–Crippen MR) is 93.9 cm³/mol. The van der Waals surface area contributed by atoms with E-state index < -0.39 is 11.9 Å². The summed E-state index contributed by atoms with van der Waals surface area (Å²) in [5, 5.41) is 14.7. The predicted octanol–water partition coefficient (Wildman–Crippen LogP) is -0.755. The van der Waals surface area contributed by atoms with E-state index in [0.29, 0.717) is 25.1 Å². The molecule has 0 saturated carbocycles. The second-order valence-corrected chi connectivity index (χ2v) is 6.87. The quantitative estimate of drug-likeness (QED) is 0.495. The highest BCUT2D eigenvalue weighted by Crippen LogP contribution is 2.29. The molecule has 0 bridgehead atoms. The molecule has 3 amide bonds. The van der Waals surface area contributed by atoms with Crippen LogP contribution in [0.4, 0.5) is 0 Å². The zero-order valence-electron chi connectivity index (χ0n) is 14.7. The molecule has 2 heterocycles. The van der Waals surface area contributed by atoms with Crippen molar-refractivity contribution in [1.29, 1.82) is 0 Å². The number of piperidine rings is 1. The van der Waals surface area contributed by atoms with Crippen molar-refractivity contribution in [2.75, 3.05) is 6.61 Å². The van der Waals surface area contributed by atoms with Crippen LogP contribution in [0, 0.1) is 0 Å². The van der Waals surface area contributed by atoms with E-state index in [-0.39, 0.29) is 36.9 Å². The fourth-order valence-electron chi connectivity index (χ4n) is 3.42. The molecule has 140 valence electrons. The zero-order valence-corrected chi connectivity index (χ0v) is 14.7. The number of hydrogen-bond acceptors (Lipinski definition) is 6. The van der Waals surface area contributed by atoms with Gasteiger partial charge in [0.2, 0.25) is 11.8 Å². The zero-order chi connectivity index (χ0) is 18.8. The van der Waals surface area contributed by atoms with Crippen LogP contribution in [0.25, 0.3) is 0 Å². The molecule has 1 aromatic carbocycles. The number of rotatable bonds is 6. The van der Waals surface area contributed by atoms with Gasteiger partial charge in [-0.1, -0.05) is 18.2 Å². The van der Waals surface area contributed by atoms with Crippen LogP contribution in [0.1, 0.15) is 41.3 Å². The van der Waals surface area contributed by atoms with Crippen LogP contribution in [-0.2, 0) is 22.7 Å². The number of nitrogens with zero attached hydrogens (tertiary/aromatic N) is 1. The van der Waals surface area contributed by atoms with Gasteiger partial charge in [-0.15, -0.1) is 0 Å². The first-order chi connectivity index (χ1) is 12.4. The molecular weight excluding hydrogens is 336 g/mol. The summed E-state index contributed by atoms with van der Waals surface area (Å²) >= 11 is 0. The molecule has 1 fully saturated rings. The fourth-order valence-corrected chi connectivity index (χ4v) is 3.42. The van der Waals surface area contributed by atoms with Crippen LogP contribution < -0.4 is 16.4 Å². The van der Waals surface area contributed by atoms with Crippen LogP contribution in [0.2, 0.25) is 0 Å². The van der Waals surface area contributed by atoms with Crippen LogP contribution in [0.5, 0.6) is 0 Å². The summed E-state index contributed by atoms with van der Waals surface area (Å²) in [5.41, 5.74) is 8.12. The van der Waals surface area contributed by atoms with E-state index in [1.807, 2.05) is 25.1 Å². The topological polar surface area (TPSA) is 125 Å². The van der Waals surface area contributed by atoms with Gasteiger partial charge in [-0.25, -0.2) is 0 Å². The minimum atomic E-state index is -0.616. The minimum absolute atomic E-state index is 0.112. The van der Waals surface area contributed by atoms with Crippen molar-refractivity contribution in [2.45, 2.75) is 51.0 Å². The Morgan fingerprint density at radius 2 is 2.15 bits per heavy atom. The lowest BCUT2D eigenvalue weighted by atomic mass is 10.0. The monoisotopic (exact) mass is 360 g/mol. The Bertz CT molecular complexity index is 736. The van der Waals surface area contributed by atoms with Crippen LogP contribution in [0.15, 0.2) is 18.2 Å². The van der Waals surface area contributed by atoms with Gasteiger partial charge in [0.15, 0.2) is 0 Å². The standard InChI is InChI=1S/C18H24N4O4/c1-10(13(19)9-23)20-7-11-3-2-4-12-8-22(18(26)16(11)12)14-5-6-15(24)21-17(14)25/h2-4,10,13-14,20,23H,5-9,19H2,1H3,(H,21,24,25)/t10-,13+,14?/m0/s1. The fraction of sp³-hybridized carbons (Fsp3) is 0.500. The molecular formula is C18H24N4O4. The Kier molecular flexibility index (Phi) is 5.36. The molecule has 5 N–H and O–H groups in total. The summed E-state index contributed by atoms with van der Waals surface area (Å²) in [6.45, 7) is 2.55. The summed E-state index contributed by atoms with van der Waals surface area (Å²) in [6, 6.07) is 4.52. The first-order valence-electron chi connectivity index (χ1n) is 8.77. The second-order valence-electron chi connectivity index (χ2n) is 6.87. The average molecular weight is 360 g/mol. The van der Waals surface area contributed by atoms with Crippen molar-refractivity contribution >= 4 is 17.7 Å². The van der Waals surface area contributed by atoms with E-state index in [2.05, 4.69) is 10.6 Å². The number of carbonyl (C=O) groups excluding carboxylic acids is 3. The van der Waals surface area contributed by atoms with Gasteiger partial charge in [-0.3, -0.25) is 19.7 Å². The van der Waals surface area contributed by atoms with Gasteiger partial charge in [0.05, 0.1) is 6.61 Å². The van der Waals surface area contributed by atoms with Crippen LogP contribution in [-0.4, -0.2) is 52.5 Å². The highest BCUT2D eigenvalue weighted by molar-refractivity contribution is 6.05. The highest BCUT2D eigenvalue weighted by Gasteiger charge is 2.39. The highest BCUT2D eigenvalue weighted by atomic mass is 16.3. The third kappa shape index (κ3) is 3.48. The Labute approximate surface area is 151 Å². The third-order valence-electron chi connectivity index (χ3n) is 5.11. The van der Waals surface area contributed by atoms with E-state index in [4.69, 9.17) is 10.8 Å². The van der Waals surface area contributed by atoms with Crippen molar-refractivity contribution in [2.24, 2.45) is 5.73 Å². The summed E-state index contributed by atoms with van der Waals surface area (Å²) in [5.74, 6) is -0.898. The number of nitrogens with two attached hydrogens (primary N) is 1. The number of hydrogen-bond donors (Lipinski definition) is 4. The largest absolute Gasteiger partial charge is 0.395 e. The van der Waals surface area contributed by atoms with Crippen molar-refractivity contribution in [3.8, 4) is 0 Å². The molecule has 0 aliphatic carbocycles. The molecule has 1 saturated heterocycles. The SMILES string of the molecule is C[C@H](NCc1cccc2c1C(=O)N(C1CCC(=O)NC1=O)C2)[C@H](N)CO. The van der Waals surface area contributed by atoms with E-state index in [0.717, 1.165) is 11.1 Å². The van der Waals surface area contributed by atoms with Gasteiger partial charge < -0.3 is 21.1 Å². The maximum atomic E-state index is 12.9. The Balaban J connectivity index is 1.76. The first kappa shape index (κ1) is 18.5. The summed E-state index contributed by atoms with van der Waals surface area (Å²) in [4.78, 5) is 38.0. The number of aliphatic hydroxyl groups is 1. The third-order valence-corrected chi connectivity index (χ3v) is 5.11. The number of fused-ring (bicyclic) bond motifs is 1. The maximum absolute atomic E-state index is 12.9. The number of benzene rings is 1. The molecule has 8 heteroatoms. The Morgan fingerprint density at radius 3 is 2.85 bits per heavy atom. The molecule has 0 spiro atoms. The Morgan fingerprint density at radius 1 is 1.38 bits per heavy atom. The van der Waals surface area contributed by atoms with Gasteiger partial charge in [0.25, 0.3) is 5.91 Å². The van der Waals surface area contributed by atoms with E-state index in [1.165, 1.54) is 0 Å². The number of aliphatic hydroxyl groups excluding tert-OH is 1. The maximum Gasteiger partial charge on any atom is 0.255 e. The van der Waals surface area contributed by atoms with Gasteiger partial charge >= 0.3 is 0 Å². The molecule has 1 aromatic rings. The van der Waals surface area contributed by atoms with Gasteiger partial charge in [0.1, 0.15) is 6.04 Å². The van der Waals surface area contributed by atoms with Crippen LogP contribution >= 0.6 is 0 Å².